The van der Waals surface area contributed by atoms with Crippen LogP contribution in [0.1, 0.15) is 17.2 Å². The summed E-state index contributed by atoms with van der Waals surface area (Å²) < 4.78 is 13.3. The number of hydrogen-bond acceptors (Lipinski definition) is 2. The average Bonchev–Trinajstić information content (AvgIpc) is 2.36. The van der Waals surface area contributed by atoms with Gasteiger partial charge in [0.1, 0.15) is 5.82 Å². The molecule has 4 heteroatoms. The zero-order chi connectivity index (χ0) is 13.8. The first-order valence-corrected chi connectivity index (χ1v) is 7.25. The van der Waals surface area contributed by atoms with Crippen molar-refractivity contribution in [2.24, 2.45) is 0 Å². The highest BCUT2D eigenvalue weighted by molar-refractivity contribution is 7.99. The van der Waals surface area contributed by atoms with Crippen molar-refractivity contribution in [3.8, 4) is 0 Å². The Labute approximate surface area is 121 Å². The van der Waals surface area contributed by atoms with Crippen molar-refractivity contribution < 1.29 is 9.50 Å². The molecule has 0 amide bonds. The fourth-order valence-corrected chi connectivity index (χ4v) is 2.99. The fraction of sp³-hybridized carbons (Fsp3) is 0.200. The standard InChI is InChI=1S/C15H14ClFOS/c1-10-6-11(8-12(17)7-10)14(18)9-19-15-5-3-2-4-13(15)16/h2-8,14,18H,9H2,1H3. The van der Waals surface area contributed by atoms with E-state index in [1.807, 2.05) is 24.3 Å². The second-order valence-electron chi connectivity index (χ2n) is 4.32. The van der Waals surface area contributed by atoms with Crippen molar-refractivity contribution in [3.63, 3.8) is 0 Å². The van der Waals surface area contributed by atoms with Gasteiger partial charge in [0.25, 0.3) is 0 Å². The van der Waals surface area contributed by atoms with E-state index in [1.165, 1.54) is 23.9 Å². The van der Waals surface area contributed by atoms with Gasteiger partial charge in [0.15, 0.2) is 0 Å². The molecular formula is C15H14ClFOS. The van der Waals surface area contributed by atoms with Crippen LogP contribution in [0.5, 0.6) is 0 Å². The molecule has 100 valence electrons. The fourth-order valence-electron chi connectivity index (χ4n) is 1.78. The number of benzene rings is 2. The van der Waals surface area contributed by atoms with E-state index in [4.69, 9.17) is 11.6 Å². The van der Waals surface area contributed by atoms with Crippen LogP contribution < -0.4 is 0 Å². The van der Waals surface area contributed by atoms with Crippen LogP contribution in [0.2, 0.25) is 5.02 Å². The van der Waals surface area contributed by atoms with Crippen molar-refractivity contribution in [1.82, 2.24) is 0 Å². The second-order valence-corrected chi connectivity index (χ2v) is 5.79. The molecular weight excluding hydrogens is 283 g/mol. The third-order valence-electron chi connectivity index (χ3n) is 2.68. The van der Waals surface area contributed by atoms with E-state index in [9.17, 15) is 9.50 Å². The molecule has 0 aliphatic carbocycles. The van der Waals surface area contributed by atoms with Gasteiger partial charge in [-0.3, -0.25) is 0 Å². The molecule has 1 unspecified atom stereocenters. The van der Waals surface area contributed by atoms with E-state index in [2.05, 4.69) is 0 Å². The average molecular weight is 297 g/mol. The van der Waals surface area contributed by atoms with Crippen LogP contribution in [0, 0.1) is 12.7 Å². The molecule has 0 aliphatic rings. The van der Waals surface area contributed by atoms with Gasteiger partial charge >= 0.3 is 0 Å². The number of rotatable bonds is 4. The van der Waals surface area contributed by atoms with Crippen LogP contribution >= 0.6 is 23.4 Å². The zero-order valence-electron chi connectivity index (χ0n) is 10.4. The Bertz CT molecular complexity index is 554. The van der Waals surface area contributed by atoms with Crippen LogP contribution in [0.15, 0.2) is 47.4 Å². The first kappa shape index (κ1) is 14.4. The van der Waals surface area contributed by atoms with Crippen LogP contribution in [0.25, 0.3) is 0 Å². The summed E-state index contributed by atoms with van der Waals surface area (Å²) in [4.78, 5) is 0.913. The van der Waals surface area contributed by atoms with Crippen LogP contribution in [-0.2, 0) is 0 Å². The van der Waals surface area contributed by atoms with Gasteiger partial charge in [-0.15, -0.1) is 11.8 Å². The third-order valence-corrected chi connectivity index (χ3v) is 4.27. The van der Waals surface area contributed by atoms with Crippen LogP contribution in [0.4, 0.5) is 4.39 Å². The van der Waals surface area contributed by atoms with Gasteiger partial charge in [0, 0.05) is 10.6 Å². The van der Waals surface area contributed by atoms with Gasteiger partial charge in [-0.2, -0.15) is 0 Å². The molecule has 2 aromatic carbocycles. The maximum absolute atomic E-state index is 13.3. The number of aliphatic hydroxyl groups is 1. The Morgan fingerprint density at radius 1 is 1.26 bits per heavy atom. The molecule has 0 aliphatic heterocycles. The first-order valence-electron chi connectivity index (χ1n) is 5.89. The summed E-state index contributed by atoms with van der Waals surface area (Å²) in [5.74, 6) is 0.115. The molecule has 1 N–H and O–H groups in total. The highest BCUT2D eigenvalue weighted by Gasteiger charge is 2.11. The maximum Gasteiger partial charge on any atom is 0.123 e. The monoisotopic (exact) mass is 296 g/mol. The van der Waals surface area contributed by atoms with Crippen molar-refractivity contribution in [2.75, 3.05) is 5.75 Å². The second kappa shape index (κ2) is 6.42. The third kappa shape index (κ3) is 3.96. The molecule has 0 saturated carbocycles. The van der Waals surface area contributed by atoms with E-state index in [1.54, 1.807) is 13.0 Å². The Hall–Kier alpha value is -1.03. The molecule has 0 bridgehead atoms. The Balaban J connectivity index is 2.05. The summed E-state index contributed by atoms with van der Waals surface area (Å²) >= 11 is 7.50. The number of aryl methyl sites for hydroxylation is 1. The summed E-state index contributed by atoms with van der Waals surface area (Å²) in [5.41, 5.74) is 1.40. The highest BCUT2D eigenvalue weighted by atomic mass is 35.5. The minimum Gasteiger partial charge on any atom is -0.388 e. The number of thioether (sulfide) groups is 1. The number of hydrogen-bond donors (Lipinski definition) is 1. The molecule has 0 aromatic heterocycles. The van der Waals surface area contributed by atoms with Crippen molar-refractivity contribution in [1.29, 1.82) is 0 Å². The van der Waals surface area contributed by atoms with Gasteiger partial charge < -0.3 is 5.11 Å². The quantitative estimate of drug-likeness (QED) is 0.831. The maximum atomic E-state index is 13.3. The van der Waals surface area contributed by atoms with Gasteiger partial charge in [-0.1, -0.05) is 29.8 Å². The SMILES string of the molecule is Cc1cc(F)cc(C(O)CSc2ccccc2Cl)c1. The van der Waals surface area contributed by atoms with Gasteiger partial charge in [-0.25, -0.2) is 4.39 Å². The summed E-state index contributed by atoms with van der Waals surface area (Å²) in [6.45, 7) is 1.81. The van der Waals surface area contributed by atoms with Gasteiger partial charge in [0.05, 0.1) is 11.1 Å². The predicted octanol–water partition coefficient (Wildman–Crippen LogP) is 4.61. The number of halogens is 2. The van der Waals surface area contributed by atoms with Crippen LogP contribution in [-0.4, -0.2) is 10.9 Å². The van der Waals surface area contributed by atoms with Gasteiger partial charge in [0.2, 0.25) is 0 Å². The minimum atomic E-state index is -0.712. The normalized spacial score (nSPS) is 12.4. The first-order chi connectivity index (χ1) is 9.06. The molecule has 0 saturated heterocycles. The van der Waals surface area contributed by atoms with Crippen molar-refractivity contribution in [3.05, 3.63) is 64.4 Å². The molecule has 0 radical (unpaired) electrons. The van der Waals surface area contributed by atoms with Crippen molar-refractivity contribution >= 4 is 23.4 Å². The molecule has 0 spiro atoms. The zero-order valence-corrected chi connectivity index (χ0v) is 12.0. The van der Waals surface area contributed by atoms with E-state index in [0.717, 1.165) is 10.5 Å². The van der Waals surface area contributed by atoms with E-state index in [-0.39, 0.29) is 5.82 Å². The van der Waals surface area contributed by atoms with Crippen LogP contribution in [0.3, 0.4) is 0 Å². The molecule has 2 aromatic rings. The van der Waals surface area contributed by atoms with Crippen molar-refractivity contribution in [2.45, 2.75) is 17.9 Å². The Morgan fingerprint density at radius 3 is 2.68 bits per heavy atom. The minimum absolute atomic E-state index is 0.322. The lowest BCUT2D eigenvalue weighted by Gasteiger charge is -2.12. The lowest BCUT2D eigenvalue weighted by molar-refractivity contribution is 0.203. The molecule has 0 heterocycles. The largest absolute Gasteiger partial charge is 0.388 e. The molecule has 0 fully saturated rings. The lowest BCUT2D eigenvalue weighted by atomic mass is 10.1. The topological polar surface area (TPSA) is 20.2 Å². The molecule has 19 heavy (non-hydrogen) atoms. The summed E-state index contributed by atoms with van der Waals surface area (Å²) in [6, 6.07) is 12.1. The summed E-state index contributed by atoms with van der Waals surface area (Å²) in [5, 5.41) is 10.8. The van der Waals surface area contributed by atoms with E-state index in [0.29, 0.717) is 16.3 Å². The summed E-state index contributed by atoms with van der Waals surface area (Å²) in [6.07, 6.45) is -0.712. The summed E-state index contributed by atoms with van der Waals surface area (Å²) in [7, 11) is 0. The molecule has 1 atom stereocenters. The molecule has 2 rings (SSSR count). The smallest absolute Gasteiger partial charge is 0.123 e. The lowest BCUT2D eigenvalue weighted by Crippen LogP contribution is -2.01. The Morgan fingerprint density at radius 2 is 2.00 bits per heavy atom. The molecule has 1 nitrogen and oxygen atoms in total. The predicted molar refractivity (Wildman–Crippen MR) is 78.3 cm³/mol. The van der Waals surface area contributed by atoms with E-state index < -0.39 is 6.10 Å². The number of aliphatic hydroxyl groups excluding tert-OH is 1. The van der Waals surface area contributed by atoms with Gasteiger partial charge in [-0.05, 0) is 42.3 Å². The Kier molecular flexibility index (Phi) is 4.86. The highest BCUT2D eigenvalue weighted by Crippen LogP contribution is 2.30. The van der Waals surface area contributed by atoms with E-state index >= 15 is 0 Å².